The molecule has 1 unspecified atom stereocenters. The average molecular weight is 255 g/mol. The molecule has 0 saturated heterocycles. The molecule has 5 heteroatoms. The maximum Gasteiger partial charge on any atom is 0.231 e. The van der Waals surface area contributed by atoms with Crippen molar-refractivity contribution in [2.24, 2.45) is 16.8 Å². The van der Waals surface area contributed by atoms with Crippen molar-refractivity contribution in [2.75, 3.05) is 0 Å². The Labute approximate surface area is 109 Å². The molecule has 1 amide bonds. The summed E-state index contributed by atoms with van der Waals surface area (Å²) in [5.74, 6) is -0.621. The standard InChI is InChI=1S/C13H25N3O2/c1-3-7-10(11(14)16-18)12(17)15-13(2)8-5-4-6-9-13/h10,18H,3-9H2,1-2H3,(H2,14,16)(H,15,17). The maximum atomic E-state index is 12.2. The molecule has 0 aliphatic heterocycles. The number of rotatable bonds is 5. The molecular weight excluding hydrogens is 230 g/mol. The van der Waals surface area contributed by atoms with Crippen LogP contribution in [0.5, 0.6) is 0 Å². The lowest BCUT2D eigenvalue weighted by atomic mass is 9.82. The lowest BCUT2D eigenvalue weighted by Gasteiger charge is -2.35. The van der Waals surface area contributed by atoms with Gasteiger partial charge in [-0.25, -0.2) is 0 Å². The molecule has 4 N–H and O–H groups in total. The van der Waals surface area contributed by atoms with Crippen LogP contribution in [0.25, 0.3) is 0 Å². The molecule has 1 aliphatic rings. The van der Waals surface area contributed by atoms with Crippen LogP contribution < -0.4 is 11.1 Å². The van der Waals surface area contributed by atoms with Gasteiger partial charge < -0.3 is 16.3 Å². The van der Waals surface area contributed by atoms with E-state index in [-0.39, 0.29) is 17.3 Å². The van der Waals surface area contributed by atoms with Crippen molar-refractivity contribution in [3.63, 3.8) is 0 Å². The predicted molar refractivity (Wildman–Crippen MR) is 71.4 cm³/mol. The number of carbonyl (C=O) groups is 1. The van der Waals surface area contributed by atoms with E-state index in [2.05, 4.69) is 17.4 Å². The second-order valence-corrected chi connectivity index (χ2v) is 5.48. The summed E-state index contributed by atoms with van der Waals surface area (Å²) in [6.07, 6.45) is 6.99. The van der Waals surface area contributed by atoms with E-state index in [0.29, 0.717) is 6.42 Å². The molecule has 1 aliphatic carbocycles. The molecule has 0 radical (unpaired) electrons. The second kappa shape index (κ2) is 6.61. The Morgan fingerprint density at radius 2 is 2.06 bits per heavy atom. The second-order valence-electron chi connectivity index (χ2n) is 5.48. The van der Waals surface area contributed by atoms with Crippen molar-refractivity contribution in [1.29, 1.82) is 0 Å². The molecule has 0 bridgehead atoms. The van der Waals surface area contributed by atoms with Crippen molar-refractivity contribution in [3.8, 4) is 0 Å². The molecule has 5 nitrogen and oxygen atoms in total. The molecule has 18 heavy (non-hydrogen) atoms. The van der Waals surface area contributed by atoms with Gasteiger partial charge in [-0.3, -0.25) is 4.79 Å². The highest BCUT2D eigenvalue weighted by molar-refractivity contribution is 6.02. The number of carbonyl (C=O) groups excluding carboxylic acids is 1. The highest BCUT2D eigenvalue weighted by Gasteiger charge is 2.32. The van der Waals surface area contributed by atoms with Crippen LogP contribution in [0.1, 0.15) is 58.8 Å². The average Bonchev–Trinajstić information content (AvgIpc) is 2.35. The fourth-order valence-corrected chi connectivity index (χ4v) is 2.61. The van der Waals surface area contributed by atoms with E-state index < -0.39 is 5.92 Å². The van der Waals surface area contributed by atoms with Crippen molar-refractivity contribution >= 4 is 11.7 Å². The largest absolute Gasteiger partial charge is 0.409 e. The summed E-state index contributed by atoms with van der Waals surface area (Å²) < 4.78 is 0. The first-order chi connectivity index (χ1) is 8.52. The van der Waals surface area contributed by atoms with E-state index in [1.807, 2.05) is 6.92 Å². The van der Waals surface area contributed by atoms with Crippen LogP contribution in [0.15, 0.2) is 5.16 Å². The zero-order chi connectivity index (χ0) is 13.6. The summed E-state index contributed by atoms with van der Waals surface area (Å²) in [5.41, 5.74) is 5.46. The van der Waals surface area contributed by atoms with Crippen LogP contribution in [-0.2, 0) is 4.79 Å². The number of nitrogens with two attached hydrogens (primary N) is 1. The van der Waals surface area contributed by atoms with Gasteiger partial charge in [0.15, 0.2) is 5.84 Å². The number of amides is 1. The van der Waals surface area contributed by atoms with Gasteiger partial charge in [0.05, 0.1) is 5.92 Å². The molecule has 0 aromatic heterocycles. The van der Waals surface area contributed by atoms with Crippen molar-refractivity contribution < 1.29 is 10.0 Å². The van der Waals surface area contributed by atoms with Gasteiger partial charge in [-0.2, -0.15) is 0 Å². The van der Waals surface area contributed by atoms with Gasteiger partial charge in [0, 0.05) is 5.54 Å². The van der Waals surface area contributed by atoms with Gasteiger partial charge in [-0.15, -0.1) is 0 Å². The summed E-state index contributed by atoms with van der Waals surface area (Å²) in [6.45, 7) is 4.06. The van der Waals surface area contributed by atoms with E-state index in [1.165, 1.54) is 6.42 Å². The van der Waals surface area contributed by atoms with Gasteiger partial charge in [0.2, 0.25) is 5.91 Å². The summed E-state index contributed by atoms with van der Waals surface area (Å²) in [5, 5.41) is 14.8. The first kappa shape index (κ1) is 14.8. The van der Waals surface area contributed by atoms with E-state index in [4.69, 9.17) is 10.9 Å². The Bertz CT molecular complexity index is 309. The van der Waals surface area contributed by atoms with E-state index in [0.717, 1.165) is 32.1 Å². The maximum absolute atomic E-state index is 12.2. The van der Waals surface area contributed by atoms with Gasteiger partial charge >= 0.3 is 0 Å². The van der Waals surface area contributed by atoms with Crippen LogP contribution in [0, 0.1) is 5.92 Å². The molecule has 1 saturated carbocycles. The lowest BCUT2D eigenvalue weighted by molar-refractivity contribution is -0.125. The minimum atomic E-state index is -0.515. The molecule has 0 aromatic carbocycles. The Hall–Kier alpha value is -1.26. The third kappa shape index (κ3) is 3.89. The SMILES string of the molecule is CCCC(C(=O)NC1(C)CCCCC1)C(N)=NO. The Morgan fingerprint density at radius 3 is 2.56 bits per heavy atom. The number of hydrogen-bond donors (Lipinski definition) is 3. The van der Waals surface area contributed by atoms with Gasteiger partial charge in [-0.1, -0.05) is 37.8 Å². The Kier molecular flexibility index (Phi) is 5.44. The lowest BCUT2D eigenvalue weighted by Crippen LogP contribution is -2.51. The van der Waals surface area contributed by atoms with Crippen LogP contribution in [0.2, 0.25) is 0 Å². The molecule has 0 heterocycles. The topological polar surface area (TPSA) is 87.7 Å². The number of oxime groups is 1. The minimum Gasteiger partial charge on any atom is -0.409 e. The molecular formula is C13H25N3O2. The zero-order valence-corrected chi connectivity index (χ0v) is 11.4. The van der Waals surface area contributed by atoms with Crippen molar-refractivity contribution in [2.45, 2.75) is 64.3 Å². The van der Waals surface area contributed by atoms with Gasteiger partial charge in [-0.05, 0) is 26.2 Å². The highest BCUT2D eigenvalue weighted by Crippen LogP contribution is 2.28. The summed E-state index contributed by atoms with van der Waals surface area (Å²) >= 11 is 0. The normalized spacial score (nSPS) is 21.3. The predicted octanol–water partition coefficient (Wildman–Crippen LogP) is 1.99. The van der Waals surface area contributed by atoms with Crippen molar-refractivity contribution in [1.82, 2.24) is 5.32 Å². The third-order valence-corrected chi connectivity index (χ3v) is 3.75. The van der Waals surface area contributed by atoms with Gasteiger partial charge in [0.1, 0.15) is 0 Å². The number of nitrogens with zero attached hydrogens (tertiary/aromatic N) is 1. The summed E-state index contributed by atoms with van der Waals surface area (Å²) in [6, 6.07) is 0. The summed E-state index contributed by atoms with van der Waals surface area (Å²) in [4.78, 5) is 12.2. The van der Waals surface area contributed by atoms with E-state index in [9.17, 15) is 4.79 Å². The quantitative estimate of drug-likeness (QED) is 0.304. The Morgan fingerprint density at radius 1 is 1.44 bits per heavy atom. The zero-order valence-electron chi connectivity index (χ0n) is 11.4. The molecule has 0 aromatic rings. The third-order valence-electron chi connectivity index (χ3n) is 3.75. The number of hydrogen-bond acceptors (Lipinski definition) is 3. The van der Waals surface area contributed by atoms with E-state index in [1.54, 1.807) is 0 Å². The molecule has 1 fully saturated rings. The number of amidine groups is 1. The highest BCUT2D eigenvalue weighted by atomic mass is 16.4. The smallest absolute Gasteiger partial charge is 0.231 e. The van der Waals surface area contributed by atoms with E-state index >= 15 is 0 Å². The van der Waals surface area contributed by atoms with Crippen LogP contribution in [0.3, 0.4) is 0 Å². The van der Waals surface area contributed by atoms with Crippen LogP contribution in [0.4, 0.5) is 0 Å². The molecule has 0 spiro atoms. The Balaban J connectivity index is 2.65. The molecule has 104 valence electrons. The monoisotopic (exact) mass is 255 g/mol. The first-order valence-electron chi connectivity index (χ1n) is 6.82. The molecule has 1 rings (SSSR count). The van der Waals surface area contributed by atoms with Crippen molar-refractivity contribution in [3.05, 3.63) is 0 Å². The summed E-state index contributed by atoms with van der Waals surface area (Å²) in [7, 11) is 0. The first-order valence-corrected chi connectivity index (χ1v) is 6.82. The van der Waals surface area contributed by atoms with Gasteiger partial charge in [0.25, 0.3) is 0 Å². The molecule has 1 atom stereocenters. The van der Waals surface area contributed by atoms with Crippen LogP contribution in [-0.4, -0.2) is 22.5 Å². The minimum absolute atomic E-state index is 0.00811. The fraction of sp³-hybridized carbons (Fsp3) is 0.846. The number of nitrogens with one attached hydrogen (secondary N) is 1. The van der Waals surface area contributed by atoms with Crippen LogP contribution >= 0.6 is 0 Å². The fourth-order valence-electron chi connectivity index (χ4n) is 2.61.